The molecule has 3 aromatic rings. The maximum absolute atomic E-state index is 12.7. The molecule has 2 aromatic carbocycles. The SMILES string of the molecule is CCOC(=O)C1CCN(C(=O)CN(C)C(=O)C=Cc2ccc3c(c2)c2ccccc2n3CC)CC1. The van der Waals surface area contributed by atoms with Gasteiger partial charge in [-0.1, -0.05) is 24.3 Å². The van der Waals surface area contributed by atoms with E-state index in [9.17, 15) is 14.4 Å². The second kappa shape index (κ2) is 10.8. The fourth-order valence-electron chi connectivity index (χ4n) is 4.82. The Bertz CT molecular complexity index is 1270. The van der Waals surface area contributed by atoms with Crippen molar-refractivity contribution in [3.8, 4) is 0 Å². The number of carbonyl (C=O) groups is 3. The number of aryl methyl sites for hydroxylation is 1. The maximum Gasteiger partial charge on any atom is 0.309 e. The highest BCUT2D eigenvalue weighted by Gasteiger charge is 2.28. The summed E-state index contributed by atoms with van der Waals surface area (Å²) in [5.41, 5.74) is 3.31. The van der Waals surface area contributed by atoms with Crippen LogP contribution in [0.25, 0.3) is 27.9 Å². The molecule has 2 heterocycles. The first kappa shape index (κ1) is 24.5. The van der Waals surface area contributed by atoms with Crippen molar-refractivity contribution in [2.45, 2.75) is 33.2 Å². The number of para-hydroxylation sites is 1. The molecule has 1 aliphatic rings. The van der Waals surface area contributed by atoms with E-state index in [4.69, 9.17) is 4.74 Å². The number of esters is 1. The Labute approximate surface area is 205 Å². The molecule has 4 rings (SSSR count). The van der Waals surface area contributed by atoms with Crippen LogP contribution in [0.4, 0.5) is 0 Å². The Morgan fingerprint density at radius 1 is 1.03 bits per heavy atom. The number of carbonyl (C=O) groups excluding carboxylic acids is 3. The van der Waals surface area contributed by atoms with Crippen molar-refractivity contribution >= 4 is 45.7 Å². The fourth-order valence-corrected chi connectivity index (χ4v) is 4.82. The predicted octanol–water partition coefficient (Wildman–Crippen LogP) is 4.09. The second-order valence-electron chi connectivity index (χ2n) is 8.97. The first-order valence-electron chi connectivity index (χ1n) is 12.3. The Morgan fingerprint density at radius 2 is 1.74 bits per heavy atom. The largest absolute Gasteiger partial charge is 0.466 e. The van der Waals surface area contributed by atoms with Crippen molar-refractivity contribution in [1.29, 1.82) is 0 Å². The van der Waals surface area contributed by atoms with E-state index in [1.807, 2.05) is 18.2 Å². The summed E-state index contributed by atoms with van der Waals surface area (Å²) in [4.78, 5) is 40.4. The number of hydrogen-bond donors (Lipinski definition) is 0. The van der Waals surface area contributed by atoms with E-state index in [0.29, 0.717) is 32.5 Å². The lowest BCUT2D eigenvalue weighted by molar-refractivity contribution is -0.151. The molecule has 0 N–H and O–H groups in total. The van der Waals surface area contributed by atoms with Gasteiger partial charge in [-0.15, -0.1) is 0 Å². The Kier molecular flexibility index (Phi) is 7.54. The number of fused-ring (bicyclic) bond motifs is 3. The zero-order valence-electron chi connectivity index (χ0n) is 20.7. The van der Waals surface area contributed by atoms with Gasteiger partial charge in [-0.05, 0) is 56.5 Å². The van der Waals surface area contributed by atoms with Crippen molar-refractivity contribution in [2.24, 2.45) is 5.92 Å². The molecule has 35 heavy (non-hydrogen) atoms. The van der Waals surface area contributed by atoms with Crippen LogP contribution in [0.1, 0.15) is 32.3 Å². The number of piperidine rings is 1. The smallest absolute Gasteiger partial charge is 0.309 e. The summed E-state index contributed by atoms with van der Waals surface area (Å²) < 4.78 is 7.37. The highest BCUT2D eigenvalue weighted by atomic mass is 16.5. The minimum absolute atomic E-state index is 0.0102. The van der Waals surface area contributed by atoms with E-state index < -0.39 is 0 Å². The summed E-state index contributed by atoms with van der Waals surface area (Å²) in [6, 6.07) is 14.5. The van der Waals surface area contributed by atoms with Crippen molar-refractivity contribution in [2.75, 3.05) is 33.3 Å². The lowest BCUT2D eigenvalue weighted by atomic mass is 9.97. The quantitative estimate of drug-likeness (QED) is 0.381. The molecule has 7 nitrogen and oxygen atoms in total. The maximum atomic E-state index is 12.7. The molecular formula is C28H33N3O4. The third kappa shape index (κ3) is 5.24. The zero-order chi connectivity index (χ0) is 24.9. The molecule has 0 unspecified atom stereocenters. The van der Waals surface area contributed by atoms with Gasteiger partial charge in [0.25, 0.3) is 0 Å². The molecule has 2 amide bonds. The number of benzene rings is 2. The Balaban J connectivity index is 1.37. The summed E-state index contributed by atoms with van der Waals surface area (Å²) in [6.45, 7) is 6.21. The van der Waals surface area contributed by atoms with Crippen LogP contribution >= 0.6 is 0 Å². The van der Waals surface area contributed by atoms with Crippen LogP contribution in [0.5, 0.6) is 0 Å². The monoisotopic (exact) mass is 475 g/mol. The molecule has 1 fully saturated rings. The third-order valence-corrected chi connectivity index (χ3v) is 6.75. The molecule has 0 spiro atoms. The van der Waals surface area contributed by atoms with Gasteiger partial charge in [-0.25, -0.2) is 0 Å². The van der Waals surface area contributed by atoms with E-state index >= 15 is 0 Å². The van der Waals surface area contributed by atoms with Crippen LogP contribution < -0.4 is 0 Å². The summed E-state index contributed by atoms with van der Waals surface area (Å²) in [6.07, 6.45) is 4.50. The van der Waals surface area contributed by atoms with Gasteiger partial charge in [0.05, 0.1) is 19.1 Å². The van der Waals surface area contributed by atoms with Gasteiger partial charge < -0.3 is 19.1 Å². The van der Waals surface area contributed by atoms with Crippen molar-refractivity contribution in [3.63, 3.8) is 0 Å². The lowest BCUT2D eigenvalue weighted by Crippen LogP contribution is -2.45. The number of hydrogen-bond acceptors (Lipinski definition) is 4. The number of likely N-dealkylation sites (tertiary alicyclic amines) is 1. The molecule has 0 bridgehead atoms. The molecule has 0 radical (unpaired) electrons. The number of likely N-dealkylation sites (N-methyl/N-ethyl adjacent to an activating group) is 1. The van der Waals surface area contributed by atoms with Gasteiger partial charge in [-0.3, -0.25) is 14.4 Å². The molecular weight excluding hydrogens is 442 g/mol. The average molecular weight is 476 g/mol. The molecule has 0 saturated carbocycles. The van der Waals surface area contributed by atoms with Gasteiger partial charge in [0.15, 0.2) is 0 Å². The Hall–Kier alpha value is -3.61. The summed E-state index contributed by atoms with van der Waals surface area (Å²) in [5.74, 6) is -0.666. The molecule has 7 heteroatoms. The van der Waals surface area contributed by atoms with Crippen molar-refractivity contribution in [3.05, 3.63) is 54.1 Å². The van der Waals surface area contributed by atoms with E-state index in [1.54, 1.807) is 24.9 Å². The molecule has 1 saturated heterocycles. The van der Waals surface area contributed by atoms with Crippen LogP contribution in [0.3, 0.4) is 0 Å². The van der Waals surface area contributed by atoms with Gasteiger partial charge >= 0.3 is 5.97 Å². The number of amides is 2. The first-order chi connectivity index (χ1) is 16.9. The summed E-state index contributed by atoms with van der Waals surface area (Å²) in [5, 5.41) is 2.35. The number of ether oxygens (including phenoxy) is 1. The number of aromatic nitrogens is 1. The highest BCUT2D eigenvalue weighted by Crippen LogP contribution is 2.30. The standard InChI is InChI=1S/C28H33N3O4/c1-4-31-24-9-7-6-8-22(24)23-18-20(10-12-25(23)31)11-13-26(32)29(3)19-27(33)30-16-14-21(15-17-30)28(34)35-5-2/h6-13,18,21H,4-5,14-17,19H2,1-3H3. The molecule has 0 atom stereocenters. The third-order valence-electron chi connectivity index (χ3n) is 6.75. The van der Waals surface area contributed by atoms with Gasteiger partial charge in [0, 0.05) is 54.6 Å². The summed E-state index contributed by atoms with van der Waals surface area (Å²) in [7, 11) is 1.63. The van der Waals surface area contributed by atoms with Crippen LogP contribution in [-0.2, 0) is 25.7 Å². The minimum Gasteiger partial charge on any atom is -0.466 e. The van der Waals surface area contributed by atoms with Crippen LogP contribution in [0.2, 0.25) is 0 Å². The minimum atomic E-state index is -0.226. The van der Waals surface area contributed by atoms with Gasteiger partial charge in [0.1, 0.15) is 0 Å². The average Bonchev–Trinajstić information content (AvgIpc) is 3.20. The predicted molar refractivity (Wildman–Crippen MR) is 138 cm³/mol. The first-order valence-corrected chi connectivity index (χ1v) is 12.3. The molecule has 1 aromatic heterocycles. The topological polar surface area (TPSA) is 71.8 Å². The van der Waals surface area contributed by atoms with Crippen molar-refractivity contribution < 1.29 is 19.1 Å². The summed E-state index contributed by atoms with van der Waals surface area (Å²) >= 11 is 0. The van der Waals surface area contributed by atoms with Crippen LogP contribution in [0, 0.1) is 5.92 Å². The fraction of sp³-hybridized carbons (Fsp3) is 0.393. The number of rotatable bonds is 7. The molecule has 0 aliphatic carbocycles. The van der Waals surface area contributed by atoms with Gasteiger partial charge in [0.2, 0.25) is 11.8 Å². The van der Waals surface area contributed by atoms with Crippen LogP contribution in [0.15, 0.2) is 48.5 Å². The van der Waals surface area contributed by atoms with Crippen molar-refractivity contribution in [1.82, 2.24) is 14.4 Å². The van der Waals surface area contributed by atoms with E-state index in [0.717, 1.165) is 17.5 Å². The highest BCUT2D eigenvalue weighted by molar-refractivity contribution is 6.08. The second-order valence-corrected chi connectivity index (χ2v) is 8.97. The van der Waals surface area contributed by atoms with Crippen LogP contribution in [-0.4, -0.2) is 65.4 Å². The molecule has 184 valence electrons. The van der Waals surface area contributed by atoms with Gasteiger partial charge in [-0.2, -0.15) is 0 Å². The normalized spacial score (nSPS) is 14.7. The van der Waals surface area contributed by atoms with E-state index in [-0.39, 0.29) is 30.2 Å². The molecule has 1 aliphatic heterocycles. The van der Waals surface area contributed by atoms with E-state index in [2.05, 4.69) is 35.8 Å². The van der Waals surface area contributed by atoms with E-state index in [1.165, 1.54) is 27.4 Å². The zero-order valence-corrected chi connectivity index (χ0v) is 20.7. The Morgan fingerprint density at radius 3 is 2.46 bits per heavy atom. The lowest BCUT2D eigenvalue weighted by Gasteiger charge is -2.32. The number of nitrogens with zero attached hydrogens (tertiary/aromatic N) is 3.